The van der Waals surface area contributed by atoms with Crippen LogP contribution in [0, 0.1) is 5.92 Å². The Kier molecular flexibility index (Phi) is 3.12. The molecule has 3 rings (SSSR count). The predicted octanol–water partition coefficient (Wildman–Crippen LogP) is 2.96. The Hall–Kier alpha value is -0.930. The second-order valence-electron chi connectivity index (χ2n) is 4.74. The van der Waals surface area contributed by atoms with E-state index in [9.17, 15) is 0 Å². The van der Waals surface area contributed by atoms with Crippen LogP contribution in [0.25, 0.3) is 0 Å². The van der Waals surface area contributed by atoms with Crippen molar-refractivity contribution in [3.05, 3.63) is 22.7 Å². The molecule has 1 fully saturated rings. The van der Waals surface area contributed by atoms with E-state index in [0.29, 0.717) is 10.8 Å². The number of hydrogen-bond donors (Lipinski definition) is 1. The Morgan fingerprint density at radius 1 is 1.29 bits per heavy atom. The molecule has 1 heterocycles. The van der Waals surface area contributed by atoms with E-state index < -0.39 is 0 Å². The maximum atomic E-state index is 6.12. The number of fused-ring (bicyclic) bond motifs is 1. The lowest BCUT2D eigenvalue weighted by Gasteiger charge is -2.25. The largest absolute Gasteiger partial charge is 0.454 e. The number of nitrogens with one attached hydrogen (secondary N) is 1. The Morgan fingerprint density at radius 2 is 2.18 bits per heavy atom. The monoisotopic (exact) mass is 253 g/mol. The van der Waals surface area contributed by atoms with E-state index in [4.69, 9.17) is 21.1 Å². The standard InChI is InChI=1S/C13H16ClNO2/c14-11-4-10(5-12-13(11)17-8-16-12)7-15-6-9-2-1-3-9/h4-5,9,15H,1-3,6-8H2. The molecule has 92 valence electrons. The lowest BCUT2D eigenvalue weighted by molar-refractivity contribution is 0.174. The molecule has 4 heteroatoms. The van der Waals surface area contributed by atoms with Gasteiger partial charge in [0.25, 0.3) is 0 Å². The van der Waals surface area contributed by atoms with Gasteiger partial charge < -0.3 is 14.8 Å². The average molecular weight is 254 g/mol. The fraction of sp³-hybridized carbons (Fsp3) is 0.538. The number of rotatable bonds is 4. The molecule has 1 aliphatic carbocycles. The highest BCUT2D eigenvalue weighted by Gasteiger charge is 2.19. The fourth-order valence-corrected chi connectivity index (χ4v) is 2.53. The van der Waals surface area contributed by atoms with Gasteiger partial charge in [-0.2, -0.15) is 0 Å². The maximum Gasteiger partial charge on any atom is 0.231 e. The highest BCUT2D eigenvalue weighted by Crippen LogP contribution is 2.39. The predicted molar refractivity (Wildman–Crippen MR) is 66.6 cm³/mol. The lowest BCUT2D eigenvalue weighted by atomic mass is 9.85. The topological polar surface area (TPSA) is 30.5 Å². The van der Waals surface area contributed by atoms with Gasteiger partial charge >= 0.3 is 0 Å². The Bertz CT molecular complexity index is 418. The zero-order chi connectivity index (χ0) is 11.7. The molecule has 17 heavy (non-hydrogen) atoms. The minimum Gasteiger partial charge on any atom is -0.454 e. The summed E-state index contributed by atoms with van der Waals surface area (Å²) >= 11 is 6.12. The highest BCUT2D eigenvalue weighted by atomic mass is 35.5. The minimum atomic E-state index is 0.272. The van der Waals surface area contributed by atoms with Gasteiger partial charge in [0, 0.05) is 6.54 Å². The van der Waals surface area contributed by atoms with Crippen molar-refractivity contribution in [1.82, 2.24) is 5.32 Å². The first kappa shape index (κ1) is 11.2. The van der Waals surface area contributed by atoms with Crippen molar-refractivity contribution >= 4 is 11.6 Å². The average Bonchev–Trinajstić information content (AvgIpc) is 2.70. The van der Waals surface area contributed by atoms with E-state index in [2.05, 4.69) is 5.32 Å². The number of halogens is 1. The summed E-state index contributed by atoms with van der Waals surface area (Å²) in [6.45, 7) is 2.22. The molecule has 1 aromatic carbocycles. The maximum absolute atomic E-state index is 6.12. The summed E-state index contributed by atoms with van der Waals surface area (Å²) in [5.74, 6) is 2.31. The number of benzene rings is 1. The van der Waals surface area contributed by atoms with Gasteiger partial charge in [0.15, 0.2) is 11.5 Å². The van der Waals surface area contributed by atoms with Crippen molar-refractivity contribution in [3.63, 3.8) is 0 Å². The summed E-state index contributed by atoms with van der Waals surface area (Å²) < 4.78 is 10.6. The summed E-state index contributed by atoms with van der Waals surface area (Å²) in [6, 6.07) is 3.95. The van der Waals surface area contributed by atoms with E-state index in [1.54, 1.807) is 0 Å². The normalized spacial score (nSPS) is 18.2. The molecular weight excluding hydrogens is 238 g/mol. The molecule has 0 aromatic heterocycles. The van der Waals surface area contributed by atoms with Crippen LogP contribution in [0.1, 0.15) is 24.8 Å². The third-order valence-corrected chi connectivity index (χ3v) is 3.75. The minimum absolute atomic E-state index is 0.272. The van der Waals surface area contributed by atoms with Crippen molar-refractivity contribution in [1.29, 1.82) is 0 Å². The Morgan fingerprint density at radius 3 is 2.94 bits per heavy atom. The van der Waals surface area contributed by atoms with Crippen LogP contribution in [0.2, 0.25) is 5.02 Å². The van der Waals surface area contributed by atoms with Gasteiger partial charge in [-0.3, -0.25) is 0 Å². The van der Waals surface area contributed by atoms with Crippen LogP contribution in [-0.2, 0) is 6.54 Å². The van der Waals surface area contributed by atoms with Crippen molar-refractivity contribution in [2.24, 2.45) is 5.92 Å². The quantitative estimate of drug-likeness (QED) is 0.895. The van der Waals surface area contributed by atoms with Crippen LogP contribution >= 0.6 is 11.6 Å². The van der Waals surface area contributed by atoms with Crippen LogP contribution in [-0.4, -0.2) is 13.3 Å². The van der Waals surface area contributed by atoms with Crippen molar-refractivity contribution in [2.75, 3.05) is 13.3 Å². The number of ether oxygens (including phenoxy) is 2. The molecule has 0 radical (unpaired) electrons. The van der Waals surface area contributed by atoms with E-state index >= 15 is 0 Å². The van der Waals surface area contributed by atoms with E-state index in [-0.39, 0.29) is 6.79 Å². The summed E-state index contributed by atoms with van der Waals surface area (Å²) in [6.07, 6.45) is 4.13. The summed E-state index contributed by atoms with van der Waals surface area (Å²) in [5.41, 5.74) is 1.15. The zero-order valence-electron chi connectivity index (χ0n) is 9.67. The van der Waals surface area contributed by atoms with E-state index in [0.717, 1.165) is 30.3 Å². The molecule has 1 N–H and O–H groups in total. The third-order valence-electron chi connectivity index (χ3n) is 3.47. The molecule has 0 bridgehead atoms. The van der Waals surface area contributed by atoms with E-state index in [1.807, 2.05) is 12.1 Å². The fourth-order valence-electron chi connectivity index (χ4n) is 2.24. The van der Waals surface area contributed by atoms with Gasteiger partial charge in [-0.05, 0) is 43.0 Å². The lowest BCUT2D eigenvalue weighted by Crippen LogP contribution is -2.26. The molecule has 0 amide bonds. The smallest absolute Gasteiger partial charge is 0.231 e. The second-order valence-corrected chi connectivity index (χ2v) is 5.15. The molecule has 0 unspecified atom stereocenters. The van der Waals surface area contributed by atoms with Gasteiger partial charge in [0.05, 0.1) is 5.02 Å². The van der Waals surface area contributed by atoms with Crippen LogP contribution in [0.15, 0.2) is 12.1 Å². The van der Waals surface area contributed by atoms with Gasteiger partial charge in [0.2, 0.25) is 6.79 Å². The van der Waals surface area contributed by atoms with Gasteiger partial charge in [-0.25, -0.2) is 0 Å². The van der Waals surface area contributed by atoms with E-state index in [1.165, 1.54) is 19.3 Å². The molecule has 2 aliphatic rings. The number of hydrogen-bond acceptors (Lipinski definition) is 3. The molecule has 0 atom stereocenters. The first-order chi connectivity index (χ1) is 8.33. The SMILES string of the molecule is Clc1cc(CNCC2CCC2)cc2c1OCO2. The molecule has 0 saturated heterocycles. The van der Waals surface area contributed by atoms with Gasteiger partial charge in [-0.15, -0.1) is 0 Å². The molecule has 1 aliphatic heterocycles. The summed E-state index contributed by atoms with van der Waals surface area (Å²) in [5, 5.41) is 4.11. The van der Waals surface area contributed by atoms with Crippen molar-refractivity contribution in [2.45, 2.75) is 25.8 Å². The Labute approximate surface area is 106 Å². The van der Waals surface area contributed by atoms with Crippen LogP contribution < -0.4 is 14.8 Å². The van der Waals surface area contributed by atoms with Gasteiger partial charge in [0.1, 0.15) is 0 Å². The van der Waals surface area contributed by atoms with Crippen molar-refractivity contribution in [3.8, 4) is 11.5 Å². The molecule has 1 saturated carbocycles. The molecule has 3 nitrogen and oxygen atoms in total. The van der Waals surface area contributed by atoms with Crippen molar-refractivity contribution < 1.29 is 9.47 Å². The van der Waals surface area contributed by atoms with Gasteiger partial charge in [-0.1, -0.05) is 18.0 Å². The first-order valence-corrected chi connectivity index (χ1v) is 6.49. The molecule has 1 aromatic rings. The van der Waals surface area contributed by atoms with Crippen LogP contribution in [0.5, 0.6) is 11.5 Å². The third kappa shape index (κ3) is 2.35. The van der Waals surface area contributed by atoms with Crippen LogP contribution in [0.4, 0.5) is 0 Å². The first-order valence-electron chi connectivity index (χ1n) is 6.11. The zero-order valence-corrected chi connectivity index (χ0v) is 10.4. The highest BCUT2D eigenvalue weighted by molar-refractivity contribution is 6.32. The second kappa shape index (κ2) is 4.75. The summed E-state index contributed by atoms with van der Waals surface area (Å²) in [7, 11) is 0. The molecular formula is C13H16ClNO2. The molecule has 0 spiro atoms. The van der Waals surface area contributed by atoms with Crippen LogP contribution in [0.3, 0.4) is 0 Å². The Balaban J connectivity index is 1.60. The summed E-state index contributed by atoms with van der Waals surface area (Å²) in [4.78, 5) is 0.